The van der Waals surface area contributed by atoms with Crippen molar-refractivity contribution in [2.24, 2.45) is 0 Å². The lowest BCUT2D eigenvalue weighted by molar-refractivity contribution is -0.132. The standard InChI is InChI=1S/C18H15BrN2O4S/c19-12-7-14-13(24-9-25-14)6-10(12)8-21-16(22)18(20-17(21)23)4-1-2-15-11(18)3-5-26-15/h3,5-7H,1-2,4,8-9H2,(H,20,23)/t18-/m1/s1. The van der Waals surface area contributed by atoms with Gasteiger partial charge in [0.15, 0.2) is 11.5 Å². The minimum absolute atomic E-state index is 0.175. The van der Waals surface area contributed by atoms with Gasteiger partial charge in [-0.2, -0.15) is 0 Å². The number of urea groups is 1. The van der Waals surface area contributed by atoms with Crippen LogP contribution in [0.25, 0.3) is 0 Å². The first kappa shape index (κ1) is 16.1. The van der Waals surface area contributed by atoms with Crippen molar-refractivity contribution in [2.75, 3.05) is 6.79 Å². The summed E-state index contributed by atoms with van der Waals surface area (Å²) in [5, 5.41) is 4.97. The Kier molecular flexibility index (Phi) is 3.55. The Bertz CT molecular complexity index is 943. The molecule has 1 fully saturated rings. The van der Waals surface area contributed by atoms with Crippen LogP contribution in [0.2, 0.25) is 0 Å². The first-order valence-corrected chi connectivity index (χ1v) is 10.0. The molecular formula is C18H15BrN2O4S. The van der Waals surface area contributed by atoms with Crippen molar-refractivity contribution in [2.45, 2.75) is 31.3 Å². The maximum Gasteiger partial charge on any atom is 0.325 e. The molecule has 3 heterocycles. The number of nitrogens with zero attached hydrogens (tertiary/aromatic N) is 1. The molecule has 1 spiro atoms. The summed E-state index contributed by atoms with van der Waals surface area (Å²) in [6, 6.07) is 5.24. The Balaban J connectivity index is 1.49. The maximum atomic E-state index is 13.3. The van der Waals surface area contributed by atoms with Crippen LogP contribution in [0.15, 0.2) is 28.1 Å². The van der Waals surface area contributed by atoms with Crippen LogP contribution in [-0.2, 0) is 23.3 Å². The van der Waals surface area contributed by atoms with Crippen LogP contribution >= 0.6 is 27.3 Å². The summed E-state index contributed by atoms with van der Waals surface area (Å²) in [5.41, 5.74) is 0.850. The number of carbonyl (C=O) groups excluding carboxylic acids is 2. The third kappa shape index (κ3) is 2.21. The van der Waals surface area contributed by atoms with Crippen LogP contribution in [-0.4, -0.2) is 23.6 Å². The van der Waals surface area contributed by atoms with E-state index in [4.69, 9.17) is 9.47 Å². The molecule has 0 radical (unpaired) electrons. The third-order valence-corrected chi connectivity index (χ3v) is 6.93. The predicted molar refractivity (Wildman–Crippen MR) is 98.3 cm³/mol. The number of nitrogens with one attached hydrogen (secondary N) is 1. The normalized spacial score (nSPS) is 23.5. The van der Waals surface area contributed by atoms with Crippen LogP contribution in [0.1, 0.15) is 28.8 Å². The number of halogens is 1. The van der Waals surface area contributed by atoms with Gasteiger partial charge in [-0.15, -0.1) is 11.3 Å². The first-order valence-electron chi connectivity index (χ1n) is 8.37. The van der Waals surface area contributed by atoms with Gasteiger partial charge in [0.1, 0.15) is 5.54 Å². The topological polar surface area (TPSA) is 67.9 Å². The van der Waals surface area contributed by atoms with Gasteiger partial charge < -0.3 is 14.8 Å². The van der Waals surface area contributed by atoms with Crippen LogP contribution in [0.4, 0.5) is 4.79 Å². The Morgan fingerprint density at radius 2 is 2.08 bits per heavy atom. The molecule has 1 aromatic heterocycles. The van der Waals surface area contributed by atoms with E-state index >= 15 is 0 Å². The first-order chi connectivity index (χ1) is 12.6. The largest absolute Gasteiger partial charge is 0.454 e. The van der Waals surface area contributed by atoms with Gasteiger partial charge >= 0.3 is 6.03 Å². The summed E-state index contributed by atoms with van der Waals surface area (Å²) in [6.45, 7) is 0.363. The van der Waals surface area contributed by atoms with Gasteiger partial charge in [0.25, 0.3) is 5.91 Å². The second kappa shape index (κ2) is 5.72. The molecule has 1 aliphatic carbocycles. The van der Waals surface area contributed by atoms with E-state index in [2.05, 4.69) is 21.2 Å². The molecule has 134 valence electrons. The molecule has 2 aliphatic heterocycles. The molecule has 8 heteroatoms. The molecule has 1 aromatic carbocycles. The van der Waals surface area contributed by atoms with Crippen LogP contribution in [0, 0.1) is 0 Å². The van der Waals surface area contributed by atoms with Crippen molar-refractivity contribution in [1.29, 1.82) is 0 Å². The number of benzene rings is 1. The van der Waals surface area contributed by atoms with Gasteiger partial charge in [0.2, 0.25) is 6.79 Å². The average molecular weight is 435 g/mol. The zero-order valence-corrected chi connectivity index (χ0v) is 16.1. The van der Waals surface area contributed by atoms with Gasteiger partial charge in [-0.3, -0.25) is 9.69 Å². The molecule has 2 aromatic rings. The van der Waals surface area contributed by atoms with Gasteiger partial charge in [-0.1, -0.05) is 15.9 Å². The Morgan fingerprint density at radius 3 is 2.92 bits per heavy atom. The van der Waals surface area contributed by atoms with Crippen LogP contribution in [0.3, 0.4) is 0 Å². The van der Waals surface area contributed by atoms with Crippen molar-refractivity contribution in [3.05, 3.63) is 44.1 Å². The van der Waals surface area contributed by atoms with E-state index in [0.717, 1.165) is 28.4 Å². The van der Waals surface area contributed by atoms with E-state index in [9.17, 15) is 9.59 Å². The van der Waals surface area contributed by atoms with E-state index in [-0.39, 0.29) is 25.3 Å². The molecule has 5 rings (SSSR count). The number of aryl methyl sites for hydroxylation is 1. The van der Waals surface area contributed by atoms with Crippen LogP contribution < -0.4 is 14.8 Å². The molecule has 3 amide bonds. The lowest BCUT2D eigenvalue weighted by atomic mass is 9.80. The van der Waals surface area contributed by atoms with E-state index < -0.39 is 5.54 Å². The fourth-order valence-electron chi connectivity index (χ4n) is 3.94. The van der Waals surface area contributed by atoms with Gasteiger partial charge in [-0.25, -0.2) is 4.79 Å². The number of ether oxygens (including phenoxy) is 2. The second-order valence-electron chi connectivity index (χ2n) is 6.63. The highest BCUT2D eigenvalue weighted by molar-refractivity contribution is 9.10. The molecule has 26 heavy (non-hydrogen) atoms. The molecule has 1 N–H and O–H groups in total. The van der Waals surface area contributed by atoms with E-state index in [1.165, 1.54) is 9.78 Å². The highest BCUT2D eigenvalue weighted by atomic mass is 79.9. The monoisotopic (exact) mass is 434 g/mol. The number of rotatable bonds is 2. The van der Waals surface area contributed by atoms with Crippen molar-refractivity contribution in [3.63, 3.8) is 0 Å². The average Bonchev–Trinajstić information content (AvgIpc) is 3.32. The third-order valence-electron chi connectivity index (χ3n) is 5.21. The summed E-state index contributed by atoms with van der Waals surface area (Å²) in [5.74, 6) is 1.11. The quantitative estimate of drug-likeness (QED) is 0.734. The van der Waals surface area contributed by atoms with E-state index in [1.54, 1.807) is 11.3 Å². The van der Waals surface area contributed by atoms with Gasteiger partial charge in [-0.05, 0) is 48.4 Å². The molecule has 3 aliphatic rings. The minimum atomic E-state index is -0.909. The number of carbonyl (C=O) groups is 2. The maximum absolute atomic E-state index is 13.3. The number of hydrogen-bond acceptors (Lipinski definition) is 5. The predicted octanol–water partition coefficient (Wildman–Crippen LogP) is 3.52. The Morgan fingerprint density at radius 1 is 1.27 bits per heavy atom. The van der Waals surface area contributed by atoms with E-state index in [1.807, 2.05) is 23.6 Å². The number of thiophene rings is 1. The Labute approximate surface area is 162 Å². The summed E-state index contributed by atoms with van der Waals surface area (Å²) < 4.78 is 11.5. The molecule has 0 bridgehead atoms. The highest BCUT2D eigenvalue weighted by Crippen LogP contribution is 2.43. The molecule has 0 saturated carbocycles. The van der Waals surface area contributed by atoms with Gasteiger partial charge in [0, 0.05) is 14.9 Å². The molecule has 6 nitrogen and oxygen atoms in total. The summed E-state index contributed by atoms with van der Waals surface area (Å²) in [7, 11) is 0. The van der Waals surface area contributed by atoms with Crippen molar-refractivity contribution >= 4 is 39.2 Å². The van der Waals surface area contributed by atoms with Crippen LogP contribution in [0.5, 0.6) is 11.5 Å². The lowest BCUT2D eigenvalue weighted by Crippen LogP contribution is -2.46. The van der Waals surface area contributed by atoms with Gasteiger partial charge in [0.05, 0.1) is 6.54 Å². The fourth-order valence-corrected chi connectivity index (χ4v) is 5.38. The number of hydrogen-bond donors (Lipinski definition) is 1. The highest BCUT2D eigenvalue weighted by Gasteiger charge is 2.54. The van der Waals surface area contributed by atoms with E-state index in [0.29, 0.717) is 17.9 Å². The number of amides is 3. The van der Waals surface area contributed by atoms with Crippen molar-refractivity contribution < 1.29 is 19.1 Å². The summed E-state index contributed by atoms with van der Waals surface area (Å²) in [6.07, 6.45) is 2.49. The molecule has 1 saturated heterocycles. The Hall–Kier alpha value is -2.06. The SMILES string of the molecule is O=C1N[C@@]2(CCCc3sccc32)C(=O)N1Cc1cc2c(cc1Br)OCO2. The smallest absolute Gasteiger partial charge is 0.325 e. The zero-order valence-electron chi connectivity index (χ0n) is 13.7. The number of imide groups is 1. The summed E-state index contributed by atoms with van der Waals surface area (Å²) >= 11 is 5.15. The molecule has 1 atom stereocenters. The van der Waals surface area contributed by atoms with Crippen molar-refractivity contribution in [1.82, 2.24) is 10.2 Å². The second-order valence-corrected chi connectivity index (χ2v) is 8.49. The number of fused-ring (bicyclic) bond motifs is 3. The molecular weight excluding hydrogens is 420 g/mol. The fraction of sp³-hybridized carbons (Fsp3) is 0.333. The minimum Gasteiger partial charge on any atom is -0.454 e. The lowest BCUT2D eigenvalue weighted by Gasteiger charge is -2.31. The molecule has 0 unspecified atom stereocenters. The van der Waals surface area contributed by atoms with Crippen molar-refractivity contribution in [3.8, 4) is 11.5 Å². The summed E-state index contributed by atoms with van der Waals surface area (Å²) in [4.78, 5) is 28.4. The zero-order chi connectivity index (χ0) is 17.9.